The Labute approximate surface area is 100 Å². The van der Waals surface area contributed by atoms with Gasteiger partial charge in [0.1, 0.15) is 11.5 Å². The van der Waals surface area contributed by atoms with Crippen LogP contribution in [0.4, 0.5) is 5.82 Å². The van der Waals surface area contributed by atoms with E-state index in [0.29, 0.717) is 6.54 Å². The summed E-state index contributed by atoms with van der Waals surface area (Å²) in [5.41, 5.74) is 7.25. The van der Waals surface area contributed by atoms with Gasteiger partial charge in [0, 0.05) is 18.3 Å². The van der Waals surface area contributed by atoms with Crippen molar-refractivity contribution < 1.29 is 0 Å². The lowest BCUT2D eigenvalue weighted by Crippen LogP contribution is -2.39. The Morgan fingerprint density at radius 3 is 2.65 bits per heavy atom. The van der Waals surface area contributed by atoms with Crippen LogP contribution in [0.25, 0.3) is 11.4 Å². The summed E-state index contributed by atoms with van der Waals surface area (Å²) >= 11 is 0. The molecule has 0 bridgehead atoms. The molecule has 0 fully saturated rings. The monoisotopic (exact) mass is 231 g/mol. The molecule has 0 atom stereocenters. The van der Waals surface area contributed by atoms with Crippen LogP contribution in [-0.4, -0.2) is 27.3 Å². The van der Waals surface area contributed by atoms with E-state index in [4.69, 9.17) is 5.73 Å². The molecule has 0 saturated carbocycles. The zero-order valence-corrected chi connectivity index (χ0v) is 10.1. The van der Waals surface area contributed by atoms with Crippen molar-refractivity contribution in [3.8, 4) is 11.4 Å². The Morgan fingerprint density at radius 1 is 1.29 bits per heavy atom. The topological polar surface area (TPSA) is 79.6 Å². The Bertz CT molecular complexity index is 458. The summed E-state index contributed by atoms with van der Waals surface area (Å²) in [6.45, 7) is 4.58. The number of hydrogen-bond acceptors (Lipinski definition) is 4. The maximum atomic E-state index is 5.65. The van der Waals surface area contributed by atoms with E-state index in [2.05, 4.69) is 20.5 Å². The van der Waals surface area contributed by atoms with E-state index in [1.807, 2.05) is 44.3 Å². The second-order valence-corrected chi connectivity index (χ2v) is 4.60. The molecule has 0 aliphatic carbocycles. The molecule has 90 valence electrons. The van der Waals surface area contributed by atoms with Crippen molar-refractivity contribution in [1.82, 2.24) is 15.2 Å². The smallest absolute Gasteiger partial charge is 0.149 e. The van der Waals surface area contributed by atoms with Crippen molar-refractivity contribution in [2.75, 3.05) is 11.9 Å². The second kappa shape index (κ2) is 4.55. The number of aromatic nitrogens is 3. The van der Waals surface area contributed by atoms with Crippen LogP contribution in [0.5, 0.6) is 0 Å². The Kier molecular flexibility index (Phi) is 3.10. The van der Waals surface area contributed by atoms with E-state index < -0.39 is 0 Å². The fourth-order valence-electron chi connectivity index (χ4n) is 1.43. The fraction of sp³-hybridized carbons (Fsp3) is 0.333. The summed E-state index contributed by atoms with van der Waals surface area (Å²) in [5, 5.41) is 11.5. The van der Waals surface area contributed by atoms with Gasteiger partial charge in [0.05, 0.1) is 5.69 Å². The summed E-state index contributed by atoms with van der Waals surface area (Å²) in [4.78, 5) is 3.09. The van der Waals surface area contributed by atoms with E-state index >= 15 is 0 Å². The minimum atomic E-state index is -0.178. The lowest BCUT2D eigenvalue weighted by atomic mass is 10.1. The van der Waals surface area contributed by atoms with E-state index in [-0.39, 0.29) is 5.54 Å². The number of nitrogens with zero attached hydrogens (tertiary/aromatic N) is 2. The lowest BCUT2D eigenvalue weighted by Gasteiger charge is -2.24. The second-order valence-electron chi connectivity index (χ2n) is 4.60. The fourth-order valence-corrected chi connectivity index (χ4v) is 1.43. The van der Waals surface area contributed by atoms with Crippen molar-refractivity contribution in [2.45, 2.75) is 19.4 Å². The number of nitrogens with two attached hydrogens (primary N) is 1. The van der Waals surface area contributed by atoms with Gasteiger partial charge < -0.3 is 16.0 Å². The van der Waals surface area contributed by atoms with Crippen LogP contribution in [0, 0.1) is 0 Å². The highest BCUT2D eigenvalue weighted by Crippen LogP contribution is 2.16. The number of nitrogens with one attached hydrogen (secondary N) is 2. The molecule has 0 radical (unpaired) electrons. The van der Waals surface area contributed by atoms with Gasteiger partial charge in [-0.2, -0.15) is 0 Å². The lowest BCUT2D eigenvalue weighted by molar-refractivity contribution is 0.576. The van der Waals surface area contributed by atoms with Crippen LogP contribution in [0.1, 0.15) is 13.8 Å². The third-order valence-corrected chi connectivity index (χ3v) is 2.52. The van der Waals surface area contributed by atoms with Crippen LogP contribution < -0.4 is 11.1 Å². The molecule has 17 heavy (non-hydrogen) atoms. The summed E-state index contributed by atoms with van der Waals surface area (Å²) in [5.74, 6) is 0.732. The van der Waals surface area contributed by atoms with Crippen molar-refractivity contribution in [3.63, 3.8) is 0 Å². The Morgan fingerprint density at radius 2 is 2.12 bits per heavy atom. The van der Waals surface area contributed by atoms with Crippen molar-refractivity contribution in [2.24, 2.45) is 5.73 Å². The third kappa shape index (κ3) is 2.82. The average Bonchev–Trinajstić information content (AvgIpc) is 2.83. The minimum absolute atomic E-state index is 0.178. The maximum absolute atomic E-state index is 5.65. The molecule has 0 aliphatic heterocycles. The molecular formula is C12H17N5. The first kappa shape index (κ1) is 11.6. The van der Waals surface area contributed by atoms with Crippen molar-refractivity contribution in [1.29, 1.82) is 0 Å². The molecule has 0 amide bonds. The maximum Gasteiger partial charge on any atom is 0.149 e. The van der Waals surface area contributed by atoms with Crippen LogP contribution in [0.3, 0.4) is 0 Å². The van der Waals surface area contributed by atoms with Gasteiger partial charge in [-0.15, -0.1) is 10.2 Å². The first-order chi connectivity index (χ1) is 8.11. The first-order valence-electron chi connectivity index (χ1n) is 5.56. The molecular weight excluding hydrogens is 214 g/mol. The molecule has 0 spiro atoms. The van der Waals surface area contributed by atoms with Crippen molar-refractivity contribution in [3.05, 3.63) is 30.5 Å². The number of rotatable bonds is 4. The number of aromatic amines is 1. The van der Waals surface area contributed by atoms with Gasteiger partial charge in [-0.3, -0.25) is 0 Å². The summed E-state index contributed by atoms with van der Waals surface area (Å²) in [6.07, 6.45) is 1.86. The van der Waals surface area contributed by atoms with E-state index in [9.17, 15) is 0 Å². The summed E-state index contributed by atoms with van der Waals surface area (Å²) in [6, 6.07) is 7.72. The van der Waals surface area contributed by atoms with Gasteiger partial charge in [0.2, 0.25) is 0 Å². The molecule has 0 saturated heterocycles. The highest BCUT2D eigenvalue weighted by Gasteiger charge is 2.15. The molecule has 2 aromatic rings. The highest BCUT2D eigenvalue weighted by molar-refractivity contribution is 5.55. The van der Waals surface area contributed by atoms with E-state index in [1.165, 1.54) is 0 Å². The minimum Gasteiger partial charge on any atom is -0.362 e. The summed E-state index contributed by atoms with van der Waals surface area (Å²) < 4.78 is 0. The molecule has 0 aliphatic rings. The Balaban J connectivity index is 2.14. The van der Waals surface area contributed by atoms with Crippen molar-refractivity contribution >= 4 is 5.82 Å². The average molecular weight is 231 g/mol. The number of anilines is 1. The molecule has 5 nitrogen and oxygen atoms in total. The largest absolute Gasteiger partial charge is 0.362 e. The predicted octanol–water partition coefficient (Wildman–Crippen LogP) is 1.62. The van der Waals surface area contributed by atoms with E-state index in [1.54, 1.807) is 0 Å². The third-order valence-electron chi connectivity index (χ3n) is 2.52. The molecule has 4 N–H and O–H groups in total. The Hall–Kier alpha value is -1.88. The number of hydrogen-bond donors (Lipinski definition) is 3. The van der Waals surface area contributed by atoms with E-state index in [0.717, 1.165) is 17.2 Å². The molecule has 2 heterocycles. The molecule has 2 rings (SSSR count). The number of H-pyrrole nitrogens is 1. The van der Waals surface area contributed by atoms with Gasteiger partial charge in [-0.05, 0) is 38.1 Å². The van der Waals surface area contributed by atoms with Gasteiger partial charge in [-0.1, -0.05) is 0 Å². The molecule has 0 aromatic carbocycles. The van der Waals surface area contributed by atoms with Gasteiger partial charge >= 0.3 is 0 Å². The van der Waals surface area contributed by atoms with Crippen LogP contribution in [0.2, 0.25) is 0 Å². The predicted molar refractivity (Wildman–Crippen MR) is 68.6 cm³/mol. The van der Waals surface area contributed by atoms with Crippen LogP contribution >= 0.6 is 0 Å². The molecule has 2 aromatic heterocycles. The van der Waals surface area contributed by atoms with Crippen LogP contribution in [0.15, 0.2) is 30.5 Å². The SMILES string of the molecule is CC(C)(CN)Nc1ccc(-c2ccc[nH]2)nn1. The molecule has 0 unspecified atom stereocenters. The van der Waals surface area contributed by atoms with Crippen LogP contribution in [-0.2, 0) is 0 Å². The first-order valence-corrected chi connectivity index (χ1v) is 5.56. The van der Waals surface area contributed by atoms with Gasteiger partial charge in [-0.25, -0.2) is 0 Å². The zero-order valence-electron chi connectivity index (χ0n) is 10.1. The standard InChI is InChI=1S/C12H17N5/c1-12(2,8-13)15-11-6-5-10(16-17-11)9-4-3-7-14-9/h3-7,14H,8,13H2,1-2H3,(H,15,17). The quantitative estimate of drug-likeness (QED) is 0.747. The zero-order chi connectivity index (χ0) is 12.3. The van der Waals surface area contributed by atoms with Gasteiger partial charge in [0.25, 0.3) is 0 Å². The van der Waals surface area contributed by atoms with Gasteiger partial charge in [0.15, 0.2) is 0 Å². The normalized spacial score (nSPS) is 11.5. The molecule has 5 heteroatoms. The summed E-state index contributed by atoms with van der Waals surface area (Å²) in [7, 11) is 0. The highest BCUT2D eigenvalue weighted by atomic mass is 15.2.